The highest BCUT2D eigenvalue weighted by Gasteiger charge is 2.15. The molecule has 0 bridgehead atoms. The summed E-state index contributed by atoms with van der Waals surface area (Å²) in [5.41, 5.74) is 2.41. The topological polar surface area (TPSA) is 80.3 Å². The highest BCUT2D eigenvalue weighted by Crippen LogP contribution is 2.18. The Bertz CT molecular complexity index is 744. The monoisotopic (exact) mass is 341 g/mol. The molecular weight excluding hydrogens is 318 g/mol. The van der Waals surface area contributed by atoms with E-state index in [2.05, 4.69) is 29.5 Å². The predicted octanol–water partition coefficient (Wildman–Crippen LogP) is 2.86. The molecule has 1 aromatic carbocycles. The van der Waals surface area contributed by atoms with Crippen LogP contribution in [0.5, 0.6) is 5.88 Å². The van der Waals surface area contributed by atoms with Gasteiger partial charge in [0.05, 0.1) is 6.61 Å². The summed E-state index contributed by atoms with van der Waals surface area (Å²) in [4.78, 5) is 28.2. The van der Waals surface area contributed by atoms with E-state index in [1.807, 2.05) is 25.1 Å². The van der Waals surface area contributed by atoms with Gasteiger partial charge in [0, 0.05) is 24.0 Å². The molecule has 0 saturated heterocycles. The van der Waals surface area contributed by atoms with Gasteiger partial charge in [-0.3, -0.25) is 9.59 Å². The third kappa shape index (κ3) is 5.31. The van der Waals surface area contributed by atoms with E-state index >= 15 is 0 Å². The minimum atomic E-state index is -0.707. The lowest BCUT2D eigenvalue weighted by molar-refractivity contribution is -0.136. The van der Waals surface area contributed by atoms with E-state index in [9.17, 15) is 9.59 Å². The number of carbonyl (C=O) groups excluding carboxylic acids is 2. The summed E-state index contributed by atoms with van der Waals surface area (Å²) in [5.74, 6) is -0.618. The Labute approximate surface area is 147 Å². The molecule has 2 rings (SSSR count). The lowest BCUT2D eigenvalue weighted by atomic mass is 10.0. The number of nitrogens with one attached hydrogen (secondary N) is 2. The van der Waals surface area contributed by atoms with Crippen LogP contribution in [0, 0.1) is 0 Å². The molecule has 1 heterocycles. The van der Waals surface area contributed by atoms with Crippen LogP contribution in [0.4, 0.5) is 5.69 Å². The number of hydrogen-bond donors (Lipinski definition) is 2. The molecule has 0 aliphatic heterocycles. The fraction of sp³-hybridized carbons (Fsp3) is 0.316. The average Bonchev–Trinajstić information content (AvgIpc) is 2.61. The summed E-state index contributed by atoms with van der Waals surface area (Å²) in [5, 5.41) is 5.20. The molecule has 0 unspecified atom stereocenters. The first-order valence-electron chi connectivity index (χ1n) is 8.27. The molecule has 25 heavy (non-hydrogen) atoms. The van der Waals surface area contributed by atoms with Crippen molar-refractivity contribution in [3.63, 3.8) is 0 Å². The third-order valence-electron chi connectivity index (χ3n) is 3.59. The predicted molar refractivity (Wildman–Crippen MR) is 96.4 cm³/mol. The summed E-state index contributed by atoms with van der Waals surface area (Å²) in [6.45, 7) is 6.64. The number of aromatic nitrogens is 1. The molecule has 6 nitrogen and oxygen atoms in total. The van der Waals surface area contributed by atoms with Gasteiger partial charge in [-0.25, -0.2) is 4.98 Å². The maximum atomic E-state index is 12.1. The molecule has 1 aromatic heterocycles. The van der Waals surface area contributed by atoms with Crippen LogP contribution in [0.2, 0.25) is 0 Å². The molecule has 0 fully saturated rings. The van der Waals surface area contributed by atoms with Crippen molar-refractivity contribution in [3.05, 3.63) is 53.7 Å². The Morgan fingerprint density at radius 3 is 2.68 bits per heavy atom. The van der Waals surface area contributed by atoms with Crippen LogP contribution in [-0.2, 0) is 16.1 Å². The lowest BCUT2D eigenvalue weighted by Crippen LogP contribution is -2.35. The Kier molecular flexibility index (Phi) is 6.51. The fourth-order valence-electron chi connectivity index (χ4n) is 2.24. The Hall–Kier alpha value is -2.89. The van der Waals surface area contributed by atoms with Crippen LogP contribution in [0.3, 0.4) is 0 Å². The molecule has 2 amide bonds. The largest absolute Gasteiger partial charge is 0.478 e. The second-order valence-corrected chi connectivity index (χ2v) is 5.82. The number of nitrogens with zero attached hydrogens (tertiary/aromatic N) is 1. The summed E-state index contributed by atoms with van der Waals surface area (Å²) < 4.78 is 5.40. The maximum absolute atomic E-state index is 12.1. The Morgan fingerprint density at radius 2 is 1.96 bits per heavy atom. The van der Waals surface area contributed by atoms with Gasteiger partial charge in [0.15, 0.2) is 0 Å². The smallest absolute Gasteiger partial charge is 0.313 e. The average molecular weight is 341 g/mol. The first-order valence-corrected chi connectivity index (χ1v) is 8.27. The molecule has 0 atom stereocenters. The molecule has 6 heteroatoms. The van der Waals surface area contributed by atoms with E-state index < -0.39 is 11.8 Å². The van der Waals surface area contributed by atoms with E-state index in [1.165, 1.54) is 0 Å². The van der Waals surface area contributed by atoms with E-state index in [-0.39, 0.29) is 6.54 Å². The molecule has 0 spiro atoms. The molecule has 2 aromatic rings. The Balaban J connectivity index is 1.95. The summed E-state index contributed by atoms with van der Waals surface area (Å²) in [7, 11) is 0. The SMILES string of the molecule is CCOc1ncccc1CNC(=O)C(=O)Nc1cccc(C(C)C)c1. The van der Waals surface area contributed by atoms with Crippen molar-refractivity contribution in [2.45, 2.75) is 33.2 Å². The van der Waals surface area contributed by atoms with Crippen molar-refractivity contribution in [2.24, 2.45) is 0 Å². The fourth-order valence-corrected chi connectivity index (χ4v) is 2.24. The molecule has 132 valence electrons. The summed E-state index contributed by atoms with van der Waals surface area (Å²) >= 11 is 0. The number of pyridine rings is 1. The van der Waals surface area contributed by atoms with Gasteiger partial charge in [-0.05, 0) is 36.6 Å². The normalized spacial score (nSPS) is 10.4. The second kappa shape index (κ2) is 8.82. The van der Waals surface area contributed by atoms with Gasteiger partial charge in [-0.15, -0.1) is 0 Å². The standard InChI is InChI=1S/C19H23N3O3/c1-4-25-19-15(8-6-10-20-19)12-21-17(23)18(24)22-16-9-5-7-14(11-16)13(2)3/h5-11,13H,4,12H2,1-3H3,(H,21,23)(H,22,24). The number of benzene rings is 1. The van der Waals surface area contributed by atoms with Crippen molar-refractivity contribution < 1.29 is 14.3 Å². The molecular formula is C19H23N3O3. The van der Waals surface area contributed by atoms with E-state index in [1.54, 1.807) is 24.4 Å². The van der Waals surface area contributed by atoms with Gasteiger partial charge in [0.25, 0.3) is 0 Å². The highest BCUT2D eigenvalue weighted by molar-refractivity contribution is 6.39. The van der Waals surface area contributed by atoms with Crippen LogP contribution < -0.4 is 15.4 Å². The number of rotatable bonds is 6. The van der Waals surface area contributed by atoms with Crippen molar-refractivity contribution in [2.75, 3.05) is 11.9 Å². The Morgan fingerprint density at radius 1 is 1.16 bits per heavy atom. The van der Waals surface area contributed by atoms with Gasteiger partial charge in [-0.2, -0.15) is 0 Å². The minimum Gasteiger partial charge on any atom is -0.478 e. The summed E-state index contributed by atoms with van der Waals surface area (Å²) in [6.07, 6.45) is 1.62. The van der Waals surface area contributed by atoms with E-state index in [0.717, 1.165) is 5.56 Å². The van der Waals surface area contributed by atoms with Crippen LogP contribution >= 0.6 is 0 Å². The molecule has 0 saturated carbocycles. The van der Waals surface area contributed by atoms with Gasteiger partial charge in [0.2, 0.25) is 5.88 Å². The highest BCUT2D eigenvalue weighted by atomic mass is 16.5. The number of ether oxygens (including phenoxy) is 1. The number of hydrogen-bond acceptors (Lipinski definition) is 4. The number of carbonyl (C=O) groups is 2. The zero-order valence-corrected chi connectivity index (χ0v) is 14.7. The first-order chi connectivity index (χ1) is 12.0. The van der Waals surface area contributed by atoms with Crippen molar-refractivity contribution in [3.8, 4) is 5.88 Å². The van der Waals surface area contributed by atoms with Crippen molar-refractivity contribution in [1.82, 2.24) is 10.3 Å². The zero-order chi connectivity index (χ0) is 18.2. The minimum absolute atomic E-state index is 0.168. The van der Waals surface area contributed by atoms with E-state index in [4.69, 9.17) is 4.74 Å². The second-order valence-electron chi connectivity index (χ2n) is 5.82. The van der Waals surface area contributed by atoms with Crippen molar-refractivity contribution >= 4 is 17.5 Å². The van der Waals surface area contributed by atoms with Crippen LogP contribution in [0.15, 0.2) is 42.6 Å². The van der Waals surface area contributed by atoms with Crippen LogP contribution in [0.25, 0.3) is 0 Å². The van der Waals surface area contributed by atoms with Crippen LogP contribution in [-0.4, -0.2) is 23.4 Å². The maximum Gasteiger partial charge on any atom is 0.313 e. The van der Waals surface area contributed by atoms with Crippen molar-refractivity contribution in [1.29, 1.82) is 0 Å². The first kappa shape index (κ1) is 18.4. The molecule has 0 aliphatic rings. The van der Waals surface area contributed by atoms with Gasteiger partial charge in [0.1, 0.15) is 0 Å². The zero-order valence-electron chi connectivity index (χ0n) is 14.7. The number of anilines is 1. The van der Waals surface area contributed by atoms with Gasteiger partial charge >= 0.3 is 11.8 Å². The van der Waals surface area contributed by atoms with Gasteiger partial charge < -0.3 is 15.4 Å². The quantitative estimate of drug-likeness (QED) is 0.792. The molecule has 2 N–H and O–H groups in total. The van der Waals surface area contributed by atoms with E-state index in [0.29, 0.717) is 29.7 Å². The third-order valence-corrected chi connectivity index (χ3v) is 3.59. The van der Waals surface area contributed by atoms with Gasteiger partial charge in [-0.1, -0.05) is 32.0 Å². The lowest BCUT2D eigenvalue weighted by Gasteiger charge is -2.11. The van der Waals surface area contributed by atoms with Crippen LogP contribution in [0.1, 0.15) is 37.8 Å². The molecule has 0 aliphatic carbocycles. The molecule has 0 radical (unpaired) electrons. The number of amides is 2. The summed E-state index contributed by atoms with van der Waals surface area (Å²) in [6, 6.07) is 11.0.